The molecule has 9 heteroatoms. The summed E-state index contributed by atoms with van der Waals surface area (Å²) >= 11 is 2.81. The zero-order chi connectivity index (χ0) is 25.1. The number of amides is 2. The van der Waals surface area contributed by atoms with Gasteiger partial charge in [0.15, 0.2) is 0 Å². The van der Waals surface area contributed by atoms with Gasteiger partial charge in [-0.05, 0) is 60.4 Å². The van der Waals surface area contributed by atoms with Crippen LogP contribution >= 0.6 is 22.7 Å². The summed E-state index contributed by atoms with van der Waals surface area (Å²) in [6.07, 6.45) is 2.12. The minimum Gasteiger partial charge on any atom is -0.339 e. The van der Waals surface area contributed by atoms with Crippen LogP contribution in [0.4, 0.5) is 9.52 Å². The van der Waals surface area contributed by atoms with Crippen LogP contribution in [0.1, 0.15) is 46.5 Å². The predicted molar refractivity (Wildman–Crippen MR) is 141 cm³/mol. The summed E-state index contributed by atoms with van der Waals surface area (Å²) in [5.41, 5.74) is 3.97. The van der Waals surface area contributed by atoms with Gasteiger partial charge in [-0.1, -0.05) is 42.5 Å². The van der Waals surface area contributed by atoms with Gasteiger partial charge in [0.05, 0.1) is 0 Å². The highest BCUT2D eigenvalue weighted by Crippen LogP contribution is 2.40. The number of benzene rings is 2. The van der Waals surface area contributed by atoms with E-state index in [2.05, 4.69) is 15.5 Å². The van der Waals surface area contributed by atoms with Crippen molar-refractivity contribution in [1.82, 2.24) is 15.1 Å². The van der Waals surface area contributed by atoms with E-state index in [0.29, 0.717) is 10.7 Å². The minimum absolute atomic E-state index is 0.0763. The number of halogens is 1. The van der Waals surface area contributed by atoms with E-state index in [4.69, 9.17) is 0 Å². The van der Waals surface area contributed by atoms with Gasteiger partial charge in [0, 0.05) is 40.2 Å². The number of rotatable bonds is 7. The largest absolute Gasteiger partial charge is 0.339 e. The van der Waals surface area contributed by atoms with Gasteiger partial charge in [-0.2, -0.15) is 0 Å². The van der Waals surface area contributed by atoms with Gasteiger partial charge in [0.1, 0.15) is 11.3 Å². The molecular weight excluding hydrogens is 495 g/mol. The number of nitrogens with one attached hydrogen (secondary N) is 1. The fourth-order valence-corrected chi connectivity index (χ4v) is 6.25. The lowest BCUT2D eigenvalue weighted by molar-refractivity contribution is -0.119. The molecule has 0 unspecified atom stereocenters. The van der Waals surface area contributed by atoms with E-state index in [-0.39, 0.29) is 23.5 Å². The molecule has 0 spiro atoms. The second-order valence-corrected chi connectivity index (χ2v) is 10.8. The van der Waals surface area contributed by atoms with Crippen molar-refractivity contribution in [2.24, 2.45) is 5.92 Å². The van der Waals surface area contributed by atoms with Crippen LogP contribution in [0.2, 0.25) is 0 Å². The molecule has 1 aliphatic rings. The monoisotopic (exact) mass is 520 g/mol. The average molecular weight is 521 g/mol. The number of carbonyl (C=O) groups is 2. The Labute approximate surface area is 216 Å². The van der Waals surface area contributed by atoms with E-state index in [1.54, 1.807) is 22.9 Å². The molecule has 1 fully saturated rings. The Morgan fingerprint density at radius 1 is 1.06 bits per heavy atom. The van der Waals surface area contributed by atoms with Crippen molar-refractivity contribution in [3.05, 3.63) is 88.0 Å². The highest BCUT2D eigenvalue weighted by Gasteiger charge is 2.29. The van der Waals surface area contributed by atoms with Crippen molar-refractivity contribution in [3.8, 4) is 10.4 Å². The number of anilines is 1. The molecule has 0 bridgehead atoms. The van der Waals surface area contributed by atoms with Gasteiger partial charge < -0.3 is 10.2 Å². The number of hydrogen-bond acceptors (Lipinski definition) is 6. The van der Waals surface area contributed by atoms with E-state index >= 15 is 0 Å². The zero-order valence-electron chi connectivity index (χ0n) is 19.7. The first-order chi connectivity index (χ1) is 17.5. The fourth-order valence-electron chi connectivity index (χ4n) is 4.55. The maximum Gasteiger partial charge on any atom is 0.253 e. The van der Waals surface area contributed by atoms with Crippen LogP contribution in [-0.4, -0.2) is 40.0 Å². The van der Waals surface area contributed by atoms with Gasteiger partial charge >= 0.3 is 0 Å². The Hall–Kier alpha value is -3.43. The molecule has 2 amide bonds. The lowest BCUT2D eigenvalue weighted by Crippen LogP contribution is -2.27. The topological polar surface area (TPSA) is 75.2 Å². The van der Waals surface area contributed by atoms with Crippen molar-refractivity contribution in [1.29, 1.82) is 0 Å². The maximum absolute atomic E-state index is 14.2. The summed E-state index contributed by atoms with van der Waals surface area (Å²) < 4.78 is 14.2. The first-order valence-corrected chi connectivity index (χ1v) is 13.5. The lowest BCUT2D eigenvalue weighted by atomic mass is 9.85. The summed E-state index contributed by atoms with van der Waals surface area (Å²) in [6.45, 7) is 3.48. The van der Waals surface area contributed by atoms with Gasteiger partial charge in [-0.3, -0.25) is 9.59 Å². The molecule has 2 aromatic carbocycles. The van der Waals surface area contributed by atoms with Crippen molar-refractivity contribution in [3.63, 3.8) is 0 Å². The predicted octanol–water partition coefficient (Wildman–Crippen LogP) is 6.05. The zero-order valence-corrected chi connectivity index (χ0v) is 21.3. The SMILES string of the molecule is C[C@@H](C(=O)Nc1nncs1)[C@H](c1cccc(F)c1)c1ccc(-c2ccc(C(=O)N3CCCC3)cc2)s1. The van der Waals surface area contributed by atoms with Crippen molar-refractivity contribution in [2.45, 2.75) is 25.7 Å². The molecule has 2 atom stereocenters. The molecular formula is C27H25FN4O2S2. The summed E-state index contributed by atoms with van der Waals surface area (Å²) in [4.78, 5) is 29.6. The van der Waals surface area contributed by atoms with E-state index < -0.39 is 5.92 Å². The van der Waals surface area contributed by atoms with Gasteiger partial charge in [0.2, 0.25) is 11.0 Å². The number of thiophene rings is 1. The van der Waals surface area contributed by atoms with Crippen LogP contribution in [0.25, 0.3) is 10.4 Å². The first kappa shape index (κ1) is 24.3. The van der Waals surface area contributed by atoms with E-state index in [9.17, 15) is 14.0 Å². The number of aromatic nitrogens is 2. The van der Waals surface area contributed by atoms with Gasteiger partial charge in [-0.15, -0.1) is 21.5 Å². The molecule has 3 heterocycles. The van der Waals surface area contributed by atoms with Crippen LogP contribution in [0.5, 0.6) is 0 Å². The molecule has 4 aromatic rings. The van der Waals surface area contributed by atoms with E-state index in [1.807, 2.05) is 54.3 Å². The van der Waals surface area contributed by atoms with Gasteiger partial charge in [0.25, 0.3) is 5.91 Å². The standard InChI is InChI=1S/C27H25FN4O2S2/c1-17(25(33)30-27-31-29-16-35-27)24(20-5-4-6-21(28)15-20)23-12-11-22(36-23)18-7-9-19(10-8-18)26(34)32-13-2-3-14-32/h4-12,15-17,24H,2-3,13-14H2,1H3,(H,30,31,33)/t17-,24-/m1/s1. The number of likely N-dealkylation sites (tertiary alicyclic amines) is 1. The van der Waals surface area contributed by atoms with E-state index in [0.717, 1.165) is 46.8 Å². The lowest BCUT2D eigenvalue weighted by Gasteiger charge is -2.22. The fraction of sp³-hybridized carbons (Fsp3) is 0.259. The molecule has 36 heavy (non-hydrogen) atoms. The Morgan fingerprint density at radius 3 is 2.53 bits per heavy atom. The van der Waals surface area contributed by atoms with Crippen molar-refractivity contribution >= 4 is 39.6 Å². The number of carbonyl (C=O) groups excluding carboxylic acids is 2. The Balaban J connectivity index is 1.41. The summed E-state index contributed by atoms with van der Waals surface area (Å²) in [6, 6.07) is 18.1. The summed E-state index contributed by atoms with van der Waals surface area (Å²) in [7, 11) is 0. The summed E-state index contributed by atoms with van der Waals surface area (Å²) in [5, 5.41) is 10.9. The minimum atomic E-state index is -0.484. The Morgan fingerprint density at radius 2 is 1.83 bits per heavy atom. The van der Waals surface area contributed by atoms with Crippen LogP contribution in [-0.2, 0) is 4.79 Å². The number of hydrogen-bond donors (Lipinski definition) is 1. The first-order valence-electron chi connectivity index (χ1n) is 11.8. The molecule has 1 saturated heterocycles. The number of nitrogens with zero attached hydrogens (tertiary/aromatic N) is 3. The molecule has 1 N–H and O–H groups in total. The van der Waals surface area contributed by atoms with Crippen molar-refractivity contribution < 1.29 is 14.0 Å². The third kappa shape index (κ3) is 5.22. The molecule has 0 aliphatic carbocycles. The molecule has 5 rings (SSSR count). The second-order valence-electron chi connectivity index (χ2n) is 8.83. The highest BCUT2D eigenvalue weighted by molar-refractivity contribution is 7.15. The Bertz CT molecular complexity index is 1350. The second kappa shape index (κ2) is 10.7. The smallest absolute Gasteiger partial charge is 0.253 e. The maximum atomic E-state index is 14.2. The van der Waals surface area contributed by atoms with Crippen LogP contribution in [0, 0.1) is 11.7 Å². The molecule has 6 nitrogen and oxygen atoms in total. The van der Waals surface area contributed by atoms with E-state index in [1.165, 1.54) is 23.5 Å². The summed E-state index contributed by atoms with van der Waals surface area (Å²) in [5.74, 6) is -1.30. The molecule has 0 radical (unpaired) electrons. The van der Waals surface area contributed by atoms with Crippen molar-refractivity contribution in [2.75, 3.05) is 18.4 Å². The quantitative estimate of drug-likeness (QED) is 0.322. The van der Waals surface area contributed by atoms with Crippen LogP contribution < -0.4 is 5.32 Å². The molecule has 184 valence electrons. The third-order valence-corrected chi connectivity index (χ3v) is 8.28. The molecule has 2 aromatic heterocycles. The molecule has 1 aliphatic heterocycles. The van der Waals surface area contributed by atoms with Crippen LogP contribution in [0.3, 0.4) is 0 Å². The normalized spacial score (nSPS) is 15.0. The highest BCUT2D eigenvalue weighted by atomic mass is 32.1. The van der Waals surface area contributed by atoms with Gasteiger partial charge in [-0.25, -0.2) is 4.39 Å². The third-order valence-electron chi connectivity index (χ3n) is 6.45. The van der Waals surface area contributed by atoms with Crippen LogP contribution in [0.15, 0.2) is 66.2 Å². The Kier molecular flexibility index (Phi) is 7.20. The molecule has 0 saturated carbocycles. The average Bonchev–Trinajstić information content (AvgIpc) is 3.67.